The van der Waals surface area contributed by atoms with Crippen LogP contribution in [0.4, 0.5) is 19.0 Å². The molecular formula is C12H10F3N3O2S. The molecule has 0 spiro atoms. The predicted molar refractivity (Wildman–Crippen MR) is 70.4 cm³/mol. The van der Waals surface area contributed by atoms with Gasteiger partial charge in [0.05, 0.1) is 11.6 Å². The van der Waals surface area contributed by atoms with Crippen LogP contribution in [0.3, 0.4) is 0 Å². The number of nitrogens with one attached hydrogen (secondary N) is 1. The Labute approximate surface area is 121 Å². The molecular weight excluding hydrogens is 307 g/mol. The maximum Gasteiger partial charge on any atom is 0.419 e. The van der Waals surface area contributed by atoms with Crippen molar-refractivity contribution in [3.63, 3.8) is 0 Å². The van der Waals surface area contributed by atoms with Gasteiger partial charge in [-0.2, -0.15) is 13.2 Å². The lowest BCUT2D eigenvalue weighted by atomic mass is 10.2. The molecule has 0 saturated carbocycles. The molecule has 0 aliphatic heterocycles. The molecule has 0 fully saturated rings. The highest BCUT2D eigenvalue weighted by atomic mass is 32.1. The van der Waals surface area contributed by atoms with Crippen molar-refractivity contribution in [2.24, 2.45) is 0 Å². The molecule has 0 radical (unpaired) electrons. The topological polar surface area (TPSA) is 75.1 Å². The Morgan fingerprint density at radius 2 is 2.19 bits per heavy atom. The number of aromatic carboxylic acids is 1. The molecule has 5 nitrogen and oxygen atoms in total. The minimum atomic E-state index is -4.52. The summed E-state index contributed by atoms with van der Waals surface area (Å²) in [5.41, 5.74) is -1.02. The van der Waals surface area contributed by atoms with Gasteiger partial charge < -0.3 is 10.4 Å². The number of thiazole rings is 1. The van der Waals surface area contributed by atoms with Gasteiger partial charge in [0.15, 0.2) is 5.69 Å². The average Bonchev–Trinajstić information content (AvgIpc) is 2.88. The van der Waals surface area contributed by atoms with Crippen molar-refractivity contribution in [2.75, 3.05) is 5.32 Å². The summed E-state index contributed by atoms with van der Waals surface area (Å²) in [4.78, 5) is 18.3. The molecule has 0 aliphatic rings. The number of carboxylic acids is 1. The number of carboxylic acid groups (broad SMARTS) is 1. The van der Waals surface area contributed by atoms with E-state index < -0.39 is 23.8 Å². The van der Waals surface area contributed by atoms with Crippen LogP contribution < -0.4 is 5.32 Å². The van der Waals surface area contributed by atoms with Crippen LogP contribution in [0.2, 0.25) is 0 Å². The quantitative estimate of drug-likeness (QED) is 0.903. The normalized spacial score (nSPS) is 13.0. The van der Waals surface area contributed by atoms with Crippen molar-refractivity contribution >= 4 is 23.1 Å². The first kappa shape index (κ1) is 15.2. The van der Waals surface area contributed by atoms with Crippen molar-refractivity contribution < 1.29 is 23.1 Å². The summed E-state index contributed by atoms with van der Waals surface area (Å²) in [5.74, 6) is -1.50. The van der Waals surface area contributed by atoms with Crippen molar-refractivity contribution in [1.29, 1.82) is 0 Å². The van der Waals surface area contributed by atoms with Gasteiger partial charge in [0.1, 0.15) is 10.8 Å². The lowest BCUT2D eigenvalue weighted by molar-refractivity contribution is -0.137. The Hall–Kier alpha value is -2.16. The minimum absolute atomic E-state index is 0.138. The predicted octanol–water partition coefficient (Wildman–Crippen LogP) is 3.43. The molecule has 2 aromatic heterocycles. The van der Waals surface area contributed by atoms with Gasteiger partial charge in [0, 0.05) is 11.6 Å². The molecule has 0 bridgehead atoms. The summed E-state index contributed by atoms with van der Waals surface area (Å²) in [6, 6.07) is 1.52. The SMILES string of the molecule is CC(Nc1ncccc1C(F)(F)F)c1nc(C(=O)O)cs1. The molecule has 2 N–H and O–H groups in total. The Balaban J connectivity index is 2.23. The molecule has 1 atom stereocenters. The lowest BCUT2D eigenvalue weighted by Crippen LogP contribution is -2.15. The zero-order chi connectivity index (χ0) is 15.6. The van der Waals surface area contributed by atoms with Crippen molar-refractivity contribution in [1.82, 2.24) is 9.97 Å². The highest BCUT2D eigenvalue weighted by molar-refractivity contribution is 7.09. The van der Waals surface area contributed by atoms with Gasteiger partial charge in [0.2, 0.25) is 0 Å². The Kier molecular flexibility index (Phi) is 4.12. The number of aromatic nitrogens is 2. The fourth-order valence-electron chi connectivity index (χ4n) is 1.60. The van der Waals surface area contributed by atoms with Crippen molar-refractivity contribution in [2.45, 2.75) is 19.1 Å². The van der Waals surface area contributed by atoms with E-state index in [-0.39, 0.29) is 11.5 Å². The zero-order valence-corrected chi connectivity index (χ0v) is 11.5. The number of carbonyl (C=O) groups is 1. The van der Waals surface area contributed by atoms with E-state index in [1.165, 1.54) is 17.6 Å². The van der Waals surface area contributed by atoms with E-state index in [4.69, 9.17) is 5.11 Å². The third kappa shape index (κ3) is 3.48. The summed E-state index contributed by atoms with van der Waals surface area (Å²) in [7, 11) is 0. The summed E-state index contributed by atoms with van der Waals surface area (Å²) >= 11 is 1.06. The van der Waals surface area contributed by atoms with Crippen molar-refractivity contribution in [3.8, 4) is 0 Å². The first-order valence-corrected chi connectivity index (χ1v) is 6.64. The Morgan fingerprint density at radius 3 is 2.76 bits per heavy atom. The first-order valence-electron chi connectivity index (χ1n) is 5.76. The zero-order valence-electron chi connectivity index (χ0n) is 10.7. The number of anilines is 1. The van der Waals surface area contributed by atoms with Gasteiger partial charge in [-0.15, -0.1) is 11.3 Å². The highest BCUT2D eigenvalue weighted by Crippen LogP contribution is 2.34. The van der Waals surface area contributed by atoms with Gasteiger partial charge in [0.25, 0.3) is 0 Å². The maximum atomic E-state index is 12.8. The number of hydrogen-bond acceptors (Lipinski definition) is 5. The van der Waals surface area contributed by atoms with Crippen LogP contribution in [-0.2, 0) is 6.18 Å². The van der Waals surface area contributed by atoms with Crippen LogP contribution in [0.25, 0.3) is 0 Å². The summed E-state index contributed by atoms with van der Waals surface area (Å²) in [6.45, 7) is 1.58. The molecule has 0 aliphatic carbocycles. The third-order valence-electron chi connectivity index (χ3n) is 2.58. The van der Waals surface area contributed by atoms with E-state index in [1.54, 1.807) is 6.92 Å². The van der Waals surface area contributed by atoms with Gasteiger partial charge in [-0.3, -0.25) is 0 Å². The van der Waals surface area contributed by atoms with Crippen molar-refractivity contribution in [3.05, 3.63) is 40.0 Å². The van der Waals surface area contributed by atoms with Gasteiger partial charge in [-0.25, -0.2) is 14.8 Å². The molecule has 9 heteroatoms. The largest absolute Gasteiger partial charge is 0.476 e. The second-order valence-electron chi connectivity index (χ2n) is 4.14. The molecule has 0 aromatic carbocycles. The fraction of sp³-hybridized carbons (Fsp3) is 0.250. The number of alkyl halides is 3. The van der Waals surface area contributed by atoms with Gasteiger partial charge in [-0.1, -0.05) is 0 Å². The standard InChI is InChI=1S/C12H10F3N3O2S/c1-6(10-18-8(5-21-10)11(19)20)17-9-7(12(13,14)15)3-2-4-16-9/h2-6H,1H3,(H,16,17)(H,19,20). The van der Waals surface area contributed by atoms with Gasteiger partial charge >= 0.3 is 12.1 Å². The number of halogens is 3. The van der Waals surface area contributed by atoms with E-state index in [0.717, 1.165) is 17.4 Å². The molecule has 0 amide bonds. The summed E-state index contributed by atoms with van der Waals surface area (Å²) < 4.78 is 38.5. The van der Waals surface area contributed by atoms with Crippen LogP contribution in [0.15, 0.2) is 23.7 Å². The fourth-order valence-corrected chi connectivity index (χ4v) is 2.40. The average molecular weight is 317 g/mol. The number of rotatable bonds is 4. The van der Waals surface area contributed by atoms with E-state index in [1.807, 2.05) is 0 Å². The lowest BCUT2D eigenvalue weighted by Gasteiger charge is -2.16. The van der Waals surface area contributed by atoms with E-state index >= 15 is 0 Å². The Bertz CT molecular complexity index is 657. The first-order chi connectivity index (χ1) is 9.79. The molecule has 2 heterocycles. The molecule has 112 valence electrons. The van der Waals surface area contributed by atoms with Crippen LogP contribution >= 0.6 is 11.3 Å². The number of hydrogen-bond donors (Lipinski definition) is 2. The second kappa shape index (κ2) is 5.68. The second-order valence-corrected chi connectivity index (χ2v) is 5.03. The maximum absolute atomic E-state index is 12.8. The van der Waals surface area contributed by atoms with E-state index in [9.17, 15) is 18.0 Å². The smallest absolute Gasteiger partial charge is 0.419 e. The van der Waals surface area contributed by atoms with Gasteiger partial charge in [-0.05, 0) is 19.1 Å². The molecule has 2 rings (SSSR count). The van der Waals surface area contributed by atoms with Crippen LogP contribution in [0.1, 0.15) is 34.0 Å². The molecule has 1 unspecified atom stereocenters. The van der Waals surface area contributed by atoms with Crippen LogP contribution in [0.5, 0.6) is 0 Å². The van der Waals surface area contributed by atoms with Crippen LogP contribution in [0, 0.1) is 0 Å². The van der Waals surface area contributed by atoms with E-state index in [2.05, 4.69) is 15.3 Å². The summed E-state index contributed by atoms with van der Waals surface area (Å²) in [6.07, 6.45) is -3.28. The highest BCUT2D eigenvalue weighted by Gasteiger charge is 2.34. The molecule has 2 aromatic rings. The summed E-state index contributed by atoms with van der Waals surface area (Å²) in [5, 5.41) is 13.1. The minimum Gasteiger partial charge on any atom is -0.476 e. The van der Waals surface area contributed by atoms with E-state index in [0.29, 0.717) is 5.01 Å². The third-order valence-corrected chi connectivity index (χ3v) is 3.61. The Morgan fingerprint density at radius 1 is 1.48 bits per heavy atom. The number of pyridine rings is 1. The number of nitrogens with zero attached hydrogens (tertiary/aromatic N) is 2. The van der Waals surface area contributed by atoms with Crippen LogP contribution in [-0.4, -0.2) is 21.0 Å². The molecule has 21 heavy (non-hydrogen) atoms. The monoisotopic (exact) mass is 317 g/mol. The molecule has 0 saturated heterocycles.